The van der Waals surface area contributed by atoms with Crippen molar-refractivity contribution in [3.05, 3.63) is 70.6 Å². The molecule has 2 amide bonds. The van der Waals surface area contributed by atoms with Gasteiger partial charge in [-0.25, -0.2) is 4.68 Å². The first kappa shape index (κ1) is 20.0. The van der Waals surface area contributed by atoms with Crippen molar-refractivity contribution in [1.29, 1.82) is 0 Å². The predicted molar refractivity (Wildman–Crippen MR) is 105 cm³/mol. The molecular formula is C20H20N4O5. The molecule has 2 N–H and O–H groups in total. The van der Waals surface area contributed by atoms with Gasteiger partial charge in [0.1, 0.15) is 5.75 Å². The Balaban J connectivity index is 1.52. The van der Waals surface area contributed by atoms with E-state index in [1.165, 1.54) is 19.2 Å². The van der Waals surface area contributed by atoms with E-state index in [1.54, 1.807) is 6.07 Å². The summed E-state index contributed by atoms with van der Waals surface area (Å²) in [5, 5.41) is 6.00. The Bertz CT molecular complexity index is 1080. The van der Waals surface area contributed by atoms with Crippen molar-refractivity contribution in [1.82, 2.24) is 20.6 Å². The van der Waals surface area contributed by atoms with Crippen LogP contribution in [0.4, 0.5) is 0 Å². The van der Waals surface area contributed by atoms with Gasteiger partial charge >= 0.3 is 0 Å². The fourth-order valence-electron chi connectivity index (χ4n) is 2.54. The van der Waals surface area contributed by atoms with Gasteiger partial charge in [0.15, 0.2) is 12.3 Å². The number of hydrogen-bond acceptors (Lipinski definition) is 6. The molecule has 1 aromatic heterocycles. The molecule has 0 aliphatic heterocycles. The molecule has 9 nitrogen and oxygen atoms in total. The number of hydrazine groups is 1. The summed E-state index contributed by atoms with van der Waals surface area (Å²) in [6, 6.07) is 15.8. The van der Waals surface area contributed by atoms with E-state index in [2.05, 4.69) is 16.0 Å². The third-order valence-electron chi connectivity index (χ3n) is 4.01. The standard InChI is InChI=1S/C20H20N4O5/c1-28-11-10-24-19(26)9-8-17(23-24)20(27)22-21-18(25)13-29-16-7-6-14-4-2-3-5-15(14)12-16/h2-9,12H,10-11,13H2,1H3,(H,21,25)(H,22,27). The second-order valence-corrected chi connectivity index (χ2v) is 6.07. The molecule has 0 atom stereocenters. The molecule has 0 aliphatic rings. The fourth-order valence-corrected chi connectivity index (χ4v) is 2.54. The maximum absolute atomic E-state index is 12.1. The van der Waals surface area contributed by atoms with Crippen LogP contribution in [0.2, 0.25) is 0 Å². The molecule has 0 aliphatic carbocycles. The maximum atomic E-state index is 12.1. The van der Waals surface area contributed by atoms with Crippen LogP contribution < -0.4 is 21.1 Å². The van der Waals surface area contributed by atoms with Crippen LogP contribution in [0.3, 0.4) is 0 Å². The molecular weight excluding hydrogens is 376 g/mol. The van der Waals surface area contributed by atoms with Gasteiger partial charge in [-0.3, -0.25) is 25.2 Å². The lowest BCUT2D eigenvalue weighted by molar-refractivity contribution is -0.123. The number of methoxy groups -OCH3 is 1. The summed E-state index contributed by atoms with van der Waals surface area (Å²) in [6.45, 7) is 0.211. The molecule has 3 rings (SSSR count). The van der Waals surface area contributed by atoms with Crippen molar-refractivity contribution in [3.8, 4) is 5.75 Å². The summed E-state index contributed by atoms with van der Waals surface area (Å²) in [7, 11) is 1.50. The Kier molecular flexibility index (Phi) is 6.54. The second kappa shape index (κ2) is 9.47. The number of fused-ring (bicyclic) bond motifs is 1. The van der Waals surface area contributed by atoms with Crippen LogP contribution in [0.5, 0.6) is 5.75 Å². The van der Waals surface area contributed by atoms with Crippen molar-refractivity contribution in [2.45, 2.75) is 6.54 Å². The minimum absolute atomic E-state index is 0.0172. The van der Waals surface area contributed by atoms with Gasteiger partial charge in [0, 0.05) is 13.2 Å². The SMILES string of the molecule is COCCn1nc(C(=O)NNC(=O)COc2ccc3ccccc3c2)ccc1=O. The number of ether oxygens (including phenoxy) is 2. The second-order valence-electron chi connectivity index (χ2n) is 6.07. The number of carbonyl (C=O) groups is 2. The van der Waals surface area contributed by atoms with E-state index in [9.17, 15) is 14.4 Å². The largest absolute Gasteiger partial charge is 0.484 e. The molecule has 3 aromatic rings. The minimum Gasteiger partial charge on any atom is -0.484 e. The van der Waals surface area contributed by atoms with E-state index in [0.717, 1.165) is 15.5 Å². The van der Waals surface area contributed by atoms with Crippen LogP contribution >= 0.6 is 0 Å². The van der Waals surface area contributed by atoms with Crippen LogP contribution in [0, 0.1) is 0 Å². The monoisotopic (exact) mass is 396 g/mol. The van der Waals surface area contributed by atoms with Crippen molar-refractivity contribution >= 4 is 22.6 Å². The number of hydrogen-bond donors (Lipinski definition) is 2. The number of aromatic nitrogens is 2. The summed E-state index contributed by atoms with van der Waals surface area (Å²) < 4.78 is 11.5. The molecule has 2 aromatic carbocycles. The van der Waals surface area contributed by atoms with Gasteiger partial charge < -0.3 is 9.47 Å². The van der Waals surface area contributed by atoms with E-state index in [1.807, 2.05) is 36.4 Å². The molecule has 29 heavy (non-hydrogen) atoms. The summed E-state index contributed by atoms with van der Waals surface area (Å²) >= 11 is 0. The average molecular weight is 396 g/mol. The third kappa shape index (κ3) is 5.39. The van der Waals surface area contributed by atoms with Gasteiger partial charge in [-0.15, -0.1) is 0 Å². The number of rotatable bonds is 7. The van der Waals surface area contributed by atoms with E-state index in [0.29, 0.717) is 5.75 Å². The molecule has 0 saturated carbocycles. The molecule has 0 fully saturated rings. The number of nitrogens with zero attached hydrogens (tertiary/aromatic N) is 2. The van der Waals surface area contributed by atoms with Crippen LogP contribution in [0.15, 0.2) is 59.4 Å². The summed E-state index contributed by atoms with van der Waals surface area (Å²) in [6.07, 6.45) is 0. The Morgan fingerprint density at radius 1 is 1.03 bits per heavy atom. The third-order valence-corrected chi connectivity index (χ3v) is 4.01. The minimum atomic E-state index is -0.657. The van der Waals surface area contributed by atoms with Crippen molar-refractivity contribution in [3.63, 3.8) is 0 Å². The number of amides is 2. The van der Waals surface area contributed by atoms with Crippen molar-refractivity contribution < 1.29 is 19.1 Å². The lowest BCUT2D eigenvalue weighted by atomic mass is 10.1. The van der Waals surface area contributed by atoms with Gasteiger partial charge in [-0.2, -0.15) is 5.10 Å². The molecule has 0 saturated heterocycles. The van der Waals surface area contributed by atoms with E-state index in [-0.39, 0.29) is 31.0 Å². The maximum Gasteiger partial charge on any atom is 0.290 e. The molecule has 1 heterocycles. The summed E-state index contributed by atoms with van der Waals surface area (Å²) in [4.78, 5) is 35.8. The van der Waals surface area contributed by atoms with Crippen molar-refractivity contribution in [2.75, 3.05) is 20.3 Å². The first-order valence-corrected chi connectivity index (χ1v) is 8.85. The first-order valence-electron chi connectivity index (χ1n) is 8.85. The van der Waals surface area contributed by atoms with Gasteiger partial charge in [-0.1, -0.05) is 30.3 Å². The molecule has 0 unspecified atom stereocenters. The van der Waals surface area contributed by atoms with Crippen molar-refractivity contribution in [2.24, 2.45) is 0 Å². The molecule has 0 radical (unpaired) electrons. The highest BCUT2D eigenvalue weighted by Crippen LogP contribution is 2.20. The number of benzene rings is 2. The number of carbonyl (C=O) groups excluding carboxylic acids is 2. The highest BCUT2D eigenvalue weighted by Gasteiger charge is 2.11. The summed E-state index contributed by atoms with van der Waals surface area (Å²) in [5.41, 5.74) is 4.12. The molecule has 0 bridgehead atoms. The predicted octanol–water partition coefficient (Wildman–Crippen LogP) is 0.883. The highest BCUT2D eigenvalue weighted by atomic mass is 16.5. The van der Waals surface area contributed by atoms with Gasteiger partial charge in [0.2, 0.25) is 0 Å². The van der Waals surface area contributed by atoms with E-state index >= 15 is 0 Å². The van der Waals surface area contributed by atoms with Crippen LogP contribution in [0.25, 0.3) is 10.8 Å². The zero-order valence-corrected chi connectivity index (χ0v) is 15.8. The zero-order valence-electron chi connectivity index (χ0n) is 15.8. The Labute approximate surface area is 166 Å². The van der Waals surface area contributed by atoms with E-state index < -0.39 is 11.8 Å². The molecule has 9 heteroatoms. The Morgan fingerprint density at radius 2 is 1.83 bits per heavy atom. The Hall–Kier alpha value is -3.72. The van der Waals surface area contributed by atoms with Gasteiger partial charge in [0.05, 0.1) is 13.2 Å². The van der Waals surface area contributed by atoms with Crippen LogP contribution in [0.1, 0.15) is 10.5 Å². The highest BCUT2D eigenvalue weighted by molar-refractivity contribution is 5.93. The number of nitrogens with one attached hydrogen (secondary N) is 2. The van der Waals surface area contributed by atoms with Gasteiger partial charge in [0.25, 0.3) is 17.4 Å². The smallest absolute Gasteiger partial charge is 0.290 e. The molecule has 150 valence electrons. The zero-order chi connectivity index (χ0) is 20.6. The first-order chi connectivity index (χ1) is 14.1. The van der Waals surface area contributed by atoms with E-state index in [4.69, 9.17) is 9.47 Å². The van der Waals surface area contributed by atoms with Crippen LogP contribution in [-0.2, 0) is 16.1 Å². The normalized spacial score (nSPS) is 10.5. The Morgan fingerprint density at radius 3 is 2.62 bits per heavy atom. The van der Waals surface area contributed by atoms with Crippen LogP contribution in [-0.4, -0.2) is 41.9 Å². The average Bonchev–Trinajstić information content (AvgIpc) is 2.75. The summed E-state index contributed by atoms with van der Waals surface area (Å²) in [5.74, 6) is -0.661. The molecule has 0 spiro atoms. The lowest BCUT2D eigenvalue weighted by Crippen LogP contribution is -2.44. The quantitative estimate of drug-likeness (QED) is 0.574. The topological polar surface area (TPSA) is 112 Å². The fraction of sp³-hybridized carbons (Fsp3) is 0.200. The lowest BCUT2D eigenvalue weighted by Gasteiger charge is -2.10. The van der Waals surface area contributed by atoms with Gasteiger partial charge in [-0.05, 0) is 29.0 Å².